The van der Waals surface area contributed by atoms with Gasteiger partial charge >= 0.3 is 0 Å². The summed E-state index contributed by atoms with van der Waals surface area (Å²) in [5.74, 6) is 0.0398. The van der Waals surface area contributed by atoms with Gasteiger partial charge in [0, 0.05) is 15.5 Å². The fourth-order valence-electron chi connectivity index (χ4n) is 1.63. The lowest BCUT2D eigenvalue weighted by Crippen LogP contribution is -2.07. The lowest BCUT2D eigenvalue weighted by atomic mass is 9.95. The first kappa shape index (κ1) is 13.3. The second-order valence-electron chi connectivity index (χ2n) is 5.25. The first-order valence-electron chi connectivity index (χ1n) is 5.78. The maximum absolute atomic E-state index is 12.3. The second-order valence-corrected chi connectivity index (χ2v) is 6.77. The van der Waals surface area contributed by atoms with E-state index in [-0.39, 0.29) is 11.2 Å². The molecule has 0 fully saturated rings. The quantitative estimate of drug-likeness (QED) is 0.712. The molecule has 3 heteroatoms. The van der Waals surface area contributed by atoms with Crippen LogP contribution in [-0.4, -0.2) is 5.78 Å². The molecule has 0 bridgehead atoms. The normalized spacial score (nSPS) is 11.6. The maximum atomic E-state index is 12.3. The monoisotopic (exact) mass is 278 g/mol. The summed E-state index contributed by atoms with van der Waals surface area (Å²) in [4.78, 5) is 14.3. The molecule has 0 aliphatic heterocycles. The second kappa shape index (κ2) is 4.87. The summed E-state index contributed by atoms with van der Waals surface area (Å²) in [5, 5.41) is 0.591. The van der Waals surface area contributed by atoms with Crippen molar-refractivity contribution >= 4 is 28.7 Å². The summed E-state index contributed by atoms with van der Waals surface area (Å²) in [6.07, 6.45) is 0. The van der Waals surface area contributed by atoms with Gasteiger partial charge in [0.1, 0.15) is 0 Å². The molecule has 0 atom stereocenters. The molecule has 2 rings (SSSR count). The highest BCUT2D eigenvalue weighted by atomic mass is 35.5. The van der Waals surface area contributed by atoms with Crippen molar-refractivity contribution in [2.75, 3.05) is 0 Å². The molecule has 1 nitrogen and oxygen atoms in total. The Kier molecular flexibility index (Phi) is 3.60. The van der Waals surface area contributed by atoms with E-state index < -0.39 is 0 Å². The number of carbonyl (C=O) groups is 1. The number of carbonyl (C=O) groups excluding carboxylic acids is 1. The van der Waals surface area contributed by atoms with E-state index in [0.29, 0.717) is 10.6 Å². The Hall–Kier alpha value is -1.12. The van der Waals surface area contributed by atoms with E-state index in [0.717, 1.165) is 4.88 Å². The smallest absolute Gasteiger partial charge is 0.203 e. The van der Waals surface area contributed by atoms with Crippen LogP contribution >= 0.6 is 22.9 Å². The van der Waals surface area contributed by atoms with Gasteiger partial charge < -0.3 is 0 Å². The molecule has 0 spiro atoms. The molecular formula is C15H15ClOS. The van der Waals surface area contributed by atoms with E-state index in [1.165, 1.54) is 4.88 Å². The molecule has 18 heavy (non-hydrogen) atoms. The highest BCUT2D eigenvalue weighted by Crippen LogP contribution is 2.30. The van der Waals surface area contributed by atoms with E-state index >= 15 is 0 Å². The predicted octanol–water partition coefficient (Wildman–Crippen LogP) is 4.93. The first-order chi connectivity index (χ1) is 8.38. The van der Waals surface area contributed by atoms with Crippen molar-refractivity contribution in [3.05, 3.63) is 56.7 Å². The van der Waals surface area contributed by atoms with Crippen LogP contribution in [0.5, 0.6) is 0 Å². The zero-order valence-electron chi connectivity index (χ0n) is 10.7. The first-order valence-corrected chi connectivity index (χ1v) is 6.98. The van der Waals surface area contributed by atoms with Crippen molar-refractivity contribution < 1.29 is 4.79 Å². The molecule has 0 N–H and O–H groups in total. The van der Waals surface area contributed by atoms with Gasteiger partial charge in [-0.1, -0.05) is 44.5 Å². The Bertz CT molecular complexity index is 578. The number of benzene rings is 1. The van der Waals surface area contributed by atoms with E-state index in [4.69, 9.17) is 11.6 Å². The topological polar surface area (TPSA) is 17.1 Å². The van der Waals surface area contributed by atoms with Crippen LogP contribution in [0.25, 0.3) is 0 Å². The van der Waals surface area contributed by atoms with Crippen LogP contribution < -0.4 is 0 Å². The summed E-state index contributed by atoms with van der Waals surface area (Å²) in [6.45, 7) is 6.44. The molecule has 0 radical (unpaired) electrons. The fourth-order valence-corrected chi connectivity index (χ4v) is 2.85. The summed E-state index contributed by atoms with van der Waals surface area (Å²) in [7, 11) is 0. The van der Waals surface area contributed by atoms with E-state index in [2.05, 4.69) is 20.8 Å². The Balaban J connectivity index is 2.33. The zero-order chi connectivity index (χ0) is 13.3. The van der Waals surface area contributed by atoms with Crippen LogP contribution in [0.2, 0.25) is 5.02 Å². The molecule has 0 aliphatic carbocycles. The fraction of sp³-hybridized carbons (Fsp3) is 0.267. The molecule has 0 saturated carbocycles. The van der Waals surface area contributed by atoms with Gasteiger partial charge in [0.2, 0.25) is 5.78 Å². The maximum Gasteiger partial charge on any atom is 0.203 e. The van der Waals surface area contributed by atoms with E-state index in [9.17, 15) is 4.79 Å². The van der Waals surface area contributed by atoms with Gasteiger partial charge in [-0.25, -0.2) is 0 Å². The molecule has 1 aromatic carbocycles. The molecule has 0 amide bonds. The van der Waals surface area contributed by atoms with Crippen molar-refractivity contribution in [3.8, 4) is 0 Å². The summed E-state index contributed by atoms with van der Waals surface area (Å²) in [5.41, 5.74) is 0.724. The van der Waals surface area contributed by atoms with Crippen molar-refractivity contribution in [2.45, 2.75) is 26.2 Å². The van der Waals surface area contributed by atoms with Crippen LogP contribution in [0.1, 0.15) is 40.9 Å². The average molecular weight is 279 g/mol. The van der Waals surface area contributed by atoms with Crippen LogP contribution in [0, 0.1) is 0 Å². The highest BCUT2D eigenvalue weighted by Gasteiger charge is 2.19. The molecule has 1 heterocycles. The van der Waals surface area contributed by atoms with E-state index in [1.54, 1.807) is 35.6 Å². The third-order valence-corrected chi connectivity index (χ3v) is 4.40. The van der Waals surface area contributed by atoms with Gasteiger partial charge in [-0.05, 0) is 29.7 Å². The summed E-state index contributed by atoms with van der Waals surface area (Å²) < 4.78 is 0. The number of thiophene rings is 1. The molecule has 0 unspecified atom stereocenters. The number of ketones is 1. The minimum Gasteiger partial charge on any atom is -0.288 e. The lowest BCUT2D eigenvalue weighted by molar-refractivity contribution is 0.104. The molecular weight excluding hydrogens is 264 g/mol. The Morgan fingerprint density at radius 3 is 2.44 bits per heavy atom. The third kappa shape index (κ3) is 2.82. The Morgan fingerprint density at radius 1 is 1.17 bits per heavy atom. The zero-order valence-corrected chi connectivity index (χ0v) is 12.2. The van der Waals surface area contributed by atoms with Crippen molar-refractivity contribution in [3.63, 3.8) is 0 Å². The van der Waals surface area contributed by atoms with Crippen LogP contribution in [0.4, 0.5) is 0 Å². The minimum atomic E-state index is 0.0398. The van der Waals surface area contributed by atoms with E-state index in [1.807, 2.05) is 12.1 Å². The number of hydrogen-bond acceptors (Lipinski definition) is 2. The van der Waals surface area contributed by atoms with Crippen molar-refractivity contribution in [2.24, 2.45) is 0 Å². The number of hydrogen-bond donors (Lipinski definition) is 0. The Morgan fingerprint density at radius 2 is 1.89 bits per heavy atom. The largest absolute Gasteiger partial charge is 0.288 e. The molecule has 0 saturated heterocycles. The van der Waals surface area contributed by atoms with Gasteiger partial charge in [-0.2, -0.15) is 0 Å². The van der Waals surface area contributed by atoms with Gasteiger partial charge in [0.05, 0.1) is 4.88 Å². The lowest BCUT2D eigenvalue weighted by Gasteiger charge is -2.15. The SMILES string of the molecule is CC(C)(C)c1ccc(C(=O)c2cccc(Cl)c2)s1. The summed E-state index contributed by atoms with van der Waals surface area (Å²) in [6, 6.07) is 11.0. The molecule has 0 aliphatic rings. The summed E-state index contributed by atoms with van der Waals surface area (Å²) >= 11 is 7.46. The van der Waals surface area contributed by atoms with Gasteiger partial charge in [-0.3, -0.25) is 4.79 Å². The number of halogens is 1. The molecule has 94 valence electrons. The van der Waals surface area contributed by atoms with Crippen LogP contribution in [-0.2, 0) is 5.41 Å². The van der Waals surface area contributed by atoms with Crippen LogP contribution in [0.3, 0.4) is 0 Å². The average Bonchev–Trinajstić information content (AvgIpc) is 2.77. The van der Waals surface area contributed by atoms with Crippen LogP contribution in [0.15, 0.2) is 36.4 Å². The van der Waals surface area contributed by atoms with Gasteiger partial charge in [0.25, 0.3) is 0 Å². The number of rotatable bonds is 2. The Labute approximate surface area is 116 Å². The third-order valence-electron chi connectivity index (χ3n) is 2.66. The predicted molar refractivity (Wildman–Crippen MR) is 77.9 cm³/mol. The molecule has 2 aromatic rings. The van der Waals surface area contributed by atoms with Crippen molar-refractivity contribution in [1.82, 2.24) is 0 Å². The standard InChI is InChI=1S/C15H15ClOS/c1-15(2,3)13-8-7-12(18-13)14(17)10-5-4-6-11(16)9-10/h4-9H,1-3H3. The molecule has 1 aromatic heterocycles. The van der Waals surface area contributed by atoms with Gasteiger partial charge in [0.15, 0.2) is 0 Å². The minimum absolute atomic E-state index is 0.0398. The highest BCUT2D eigenvalue weighted by molar-refractivity contribution is 7.14. The van der Waals surface area contributed by atoms with Crippen molar-refractivity contribution in [1.29, 1.82) is 0 Å². The van der Waals surface area contributed by atoms with Gasteiger partial charge in [-0.15, -0.1) is 11.3 Å².